The van der Waals surface area contributed by atoms with Crippen LogP contribution in [0.4, 0.5) is 0 Å². The molecule has 3 nitrogen and oxygen atoms in total. The molecule has 0 saturated carbocycles. The molecule has 0 spiro atoms. The number of nitrogens with one attached hydrogen (secondary N) is 1. The minimum absolute atomic E-state index is 0.292. The van der Waals surface area contributed by atoms with Crippen LogP contribution in [0.5, 0.6) is 0 Å². The minimum atomic E-state index is 0.292. The van der Waals surface area contributed by atoms with Gasteiger partial charge < -0.3 is 10.2 Å². The number of carbonyl (C=O) groups is 1. The molecule has 2 aliphatic rings. The van der Waals surface area contributed by atoms with E-state index in [1.165, 1.54) is 17.5 Å². The zero-order valence-corrected chi connectivity index (χ0v) is 12.3. The highest BCUT2D eigenvalue weighted by molar-refractivity contribution is 5.76. The van der Waals surface area contributed by atoms with Crippen molar-refractivity contribution in [3.05, 3.63) is 35.4 Å². The summed E-state index contributed by atoms with van der Waals surface area (Å²) in [4.78, 5) is 14.4. The van der Waals surface area contributed by atoms with Crippen molar-refractivity contribution < 1.29 is 4.79 Å². The van der Waals surface area contributed by atoms with Gasteiger partial charge in [0, 0.05) is 13.5 Å². The minimum Gasteiger partial charge on any atom is -0.339 e. The molecule has 1 aliphatic heterocycles. The second-order valence-corrected chi connectivity index (χ2v) is 6.16. The number of carbonyl (C=O) groups excluding carboxylic acids is 1. The Labute approximate surface area is 121 Å². The van der Waals surface area contributed by atoms with Gasteiger partial charge in [-0.15, -0.1) is 0 Å². The number of nitrogens with zero attached hydrogens (tertiary/aromatic N) is 1. The Morgan fingerprint density at radius 2 is 2.20 bits per heavy atom. The summed E-state index contributed by atoms with van der Waals surface area (Å²) in [5.74, 6) is 1.00. The number of rotatable bonds is 4. The van der Waals surface area contributed by atoms with Crippen LogP contribution < -0.4 is 5.32 Å². The molecule has 3 rings (SSSR count). The van der Waals surface area contributed by atoms with E-state index >= 15 is 0 Å². The molecule has 1 heterocycles. The Morgan fingerprint density at radius 1 is 1.35 bits per heavy atom. The lowest BCUT2D eigenvalue weighted by atomic mass is 10.0. The van der Waals surface area contributed by atoms with Gasteiger partial charge in [-0.05, 0) is 55.8 Å². The van der Waals surface area contributed by atoms with E-state index < -0.39 is 0 Å². The highest BCUT2D eigenvalue weighted by Gasteiger charge is 2.28. The molecule has 20 heavy (non-hydrogen) atoms. The van der Waals surface area contributed by atoms with Gasteiger partial charge in [-0.1, -0.05) is 24.3 Å². The number of fused-ring (bicyclic) bond motifs is 1. The Morgan fingerprint density at radius 3 is 3.00 bits per heavy atom. The summed E-state index contributed by atoms with van der Waals surface area (Å²) in [5.41, 5.74) is 2.77. The van der Waals surface area contributed by atoms with Crippen molar-refractivity contribution in [1.29, 1.82) is 0 Å². The fraction of sp³-hybridized carbons (Fsp3) is 0.588. The first-order valence-electron chi connectivity index (χ1n) is 7.80. The molecule has 1 aliphatic carbocycles. The van der Waals surface area contributed by atoms with Crippen molar-refractivity contribution in [2.45, 2.75) is 38.1 Å². The topological polar surface area (TPSA) is 32.3 Å². The molecule has 1 amide bonds. The summed E-state index contributed by atoms with van der Waals surface area (Å²) in [6.45, 7) is 2.20. The number of hydrogen-bond acceptors (Lipinski definition) is 2. The van der Waals surface area contributed by atoms with E-state index in [1.807, 2.05) is 11.9 Å². The first-order chi connectivity index (χ1) is 9.75. The molecule has 1 N–H and O–H groups in total. The third kappa shape index (κ3) is 2.73. The molecule has 0 radical (unpaired) electrons. The van der Waals surface area contributed by atoms with Crippen molar-refractivity contribution in [2.75, 3.05) is 20.1 Å². The van der Waals surface area contributed by atoms with E-state index in [0.717, 1.165) is 32.4 Å². The van der Waals surface area contributed by atoms with E-state index in [0.29, 0.717) is 24.3 Å². The van der Waals surface area contributed by atoms with E-state index in [1.54, 1.807) is 0 Å². The van der Waals surface area contributed by atoms with Crippen molar-refractivity contribution in [1.82, 2.24) is 10.2 Å². The second-order valence-electron chi connectivity index (χ2n) is 6.16. The maximum Gasteiger partial charge on any atom is 0.222 e. The molecule has 0 bridgehead atoms. The quantitative estimate of drug-likeness (QED) is 0.913. The zero-order chi connectivity index (χ0) is 13.9. The fourth-order valence-electron chi connectivity index (χ4n) is 3.58. The molecule has 1 saturated heterocycles. The van der Waals surface area contributed by atoms with Crippen LogP contribution >= 0.6 is 0 Å². The second kappa shape index (κ2) is 5.96. The van der Waals surface area contributed by atoms with Gasteiger partial charge in [0.25, 0.3) is 0 Å². The SMILES string of the molecule is CN(C(=O)CCC1CCNC1)C1CCc2ccccc21. The number of amides is 1. The molecule has 0 aromatic heterocycles. The van der Waals surface area contributed by atoms with Crippen molar-refractivity contribution in [2.24, 2.45) is 5.92 Å². The van der Waals surface area contributed by atoms with Crippen LogP contribution in [0.1, 0.15) is 42.9 Å². The van der Waals surface area contributed by atoms with E-state index in [9.17, 15) is 4.79 Å². The Bertz CT molecular complexity index is 480. The third-order valence-electron chi connectivity index (χ3n) is 4.89. The smallest absolute Gasteiger partial charge is 0.222 e. The van der Waals surface area contributed by atoms with Gasteiger partial charge in [0.05, 0.1) is 6.04 Å². The van der Waals surface area contributed by atoms with Gasteiger partial charge in [-0.2, -0.15) is 0 Å². The predicted octanol–water partition coefficient (Wildman–Crippen LogP) is 2.52. The van der Waals surface area contributed by atoms with Crippen LogP contribution in [0.25, 0.3) is 0 Å². The number of aryl methyl sites for hydroxylation is 1. The molecular weight excluding hydrogens is 248 g/mol. The number of hydrogen-bond donors (Lipinski definition) is 1. The normalized spacial score (nSPS) is 24.6. The van der Waals surface area contributed by atoms with Crippen molar-refractivity contribution in [3.8, 4) is 0 Å². The molecule has 3 heteroatoms. The van der Waals surface area contributed by atoms with E-state index in [-0.39, 0.29) is 0 Å². The van der Waals surface area contributed by atoms with E-state index in [2.05, 4.69) is 29.6 Å². The van der Waals surface area contributed by atoms with Gasteiger partial charge in [0.2, 0.25) is 5.91 Å². The Balaban J connectivity index is 1.58. The maximum atomic E-state index is 12.4. The number of benzene rings is 1. The third-order valence-corrected chi connectivity index (χ3v) is 4.89. The molecule has 1 aromatic carbocycles. The first kappa shape index (κ1) is 13.6. The summed E-state index contributed by atoms with van der Waals surface area (Å²) < 4.78 is 0. The Hall–Kier alpha value is -1.35. The molecule has 2 unspecified atom stereocenters. The molecular formula is C17H24N2O. The monoisotopic (exact) mass is 272 g/mol. The summed E-state index contributed by atoms with van der Waals surface area (Å²) >= 11 is 0. The molecule has 2 atom stereocenters. The van der Waals surface area contributed by atoms with Crippen LogP contribution in [0.3, 0.4) is 0 Å². The summed E-state index contributed by atoms with van der Waals surface area (Å²) in [6.07, 6.45) is 5.13. The van der Waals surface area contributed by atoms with Crippen LogP contribution in [0.15, 0.2) is 24.3 Å². The largest absolute Gasteiger partial charge is 0.339 e. The summed E-state index contributed by atoms with van der Waals surface area (Å²) in [5, 5.41) is 3.37. The molecule has 108 valence electrons. The van der Waals surface area contributed by atoms with Gasteiger partial charge in [-0.25, -0.2) is 0 Å². The molecule has 1 aromatic rings. The maximum absolute atomic E-state index is 12.4. The highest BCUT2D eigenvalue weighted by atomic mass is 16.2. The Kier molecular flexibility index (Phi) is 4.06. The zero-order valence-electron chi connectivity index (χ0n) is 12.3. The average molecular weight is 272 g/mol. The lowest BCUT2D eigenvalue weighted by Crippen LogP contribution is -2.30. The van der Waals surface area contributed by atoms with Gasteiger partial charge in [0.1, 0.15) is 0 Å². The van der Waals surface area contributed by atoms with Gasteiger partial charge in [-0.3, -0.25) is 4.79 Å². The average Bonchev–Trinajstić information content (AvgIpc) is 3.13. The lowest BCUT2D eigenvalue weighted by Gasteiger charge is -2.26. The van der Waals surface area contributed by atoms with Crippen LogP contribution in [0, 0.1) is 5.92 Å². The lowest BCUT2D eigenvalue weighted by molar-refractivity contribution is -0.132. The predicted molar refractivity (Wildman–Crippen MR) is 80.5 cm³/mol. The standard InChI is InChI=1S/C17H24N2O/c1-19(17(20)9-6-13-10-11-18-12-13)16-8-7-14-4-2-3-5-15(14)16/h2-5,13,16,18H,6-12H2,1H3. The highest BCUT2D eigenvalue weighted by Crippen LogP contribution is 2.35. The molecule has 1 fully saturated rings. The van der Waals surface area contributed by atoms with E-state index in [4.69, 9.17) is 0 Å². The fourth-order valence-corrected chi connectivity index (χ4v) is 3.58. The van der Waals surface area contributed by atoms with Crippen LogP contribution in [-0.4, -0.2) is 30.9 Å². The van der Waals surface area contributed by atoms with Gasteiger partial charge >= 0.3 is 0 Å². The van der Waals surface area contributed by atoms with Crippen molar-refractivity contribution in [3.63, 3.8) is 0 Å². The first-order valence-corrected chi connectivity index (χ1v) is 7.80. The van der Waals surface area contributed by atoms with Crippen molar-refractivity contribution >= 4 is 5.91 Å². The van der Waals surface area contributed by atoms with Crippen LogP contribution in [0.2, 0.25) is 0 Å². The summed E-state index contributed by atoms with van der Waals surface area (Å²) in [6, 6.07) is 8.84. The summed E-state index contributed by atoms with van der Waals surface area (Å²) in [7, 11) is 1.97. The van der Waals surface area contributed by atoms with Gasteiger partial charge in [0.15, 0.2) is 0 Å². The van der Waals surface area contributed by atoms with Crippen LogP contribution in [-0.2, 0) is 11.2 Å².